The van der Waals surface area contributed by atoms with Crippen LogP contribution in [0, 0.1) is 5.92 Å². The number of hydrogen-bond acceptors (Lipinski definition) is 4. The fourth-order valence-corrected chi connectivity index (χ4v) is 6.05. The van der Waals surface area contributed by atoms with Crippen molar-refractivity contribution in [2.24, 2.45) is 5.92 Å². The second-order valence-electron chi connectivity index (χ2n) is 5.93. The molecule has 108 valence electrons. The van der Waals surface area contributed by atoms with Crippen LogP contribution in [0.25, 0.3) is 0 Å². The van der Waals surface area contributed by atoms with Gasteiger partial charge < -0.3 is 0 Å². The molecule has 20 heavy (non-hydrogen) atoms. The van der Waals surface area contributed by atoms with Crippen LogP contribution in [0.2, 0.25) is 0 Å². The van der Waals surface area contributed by atoms with E-state index in [0.29, 0.717) is 19.3 Å². The number of Topliss-reactive ketones (excluding diaryl/α,β-unsaturated/α-hetero) is 1. The van der Waals surface area contributed by atoms with Crippen LogP contribution in [-0.4, -0.2) is 29.7 Å². The summed E-state index contributed by atoms with van der Waals surface area (Å²) >= 11 is 0. The molecule has 2 aliphatic rings. The smallest absolute Gasteiger partial charge is 0.156 e. The first-order valence-electron chi connectivity index (χ1n) is 7.21. The van der Waals surface area contributed by atoms with Crippen LogP contribution in [0.1, 0.15) is 37.7 Å². The van der Waals surface area contributed by atoms with Crippen LogP contribution >= 0.6 is 0 Å². The number of hydrogen-bond donors (Lipinski definition) is 0. The molecular weight excluding hydrogens is 274 g/mol. The first-order chi connectivity index (χ1) is 9.57. The standard InChI is InChI=1S/C15H19NO3S/c17-15(8-11-4-6-16-7-5-11)12-9-13-2-1-3-14(10-12)20(13,18)19/h4-7,12-14H,1-3,8-10H2. The molecule has 1 aromatic heterocycles. The lowest BCUT2D eigenvalue weighted by molar-refractivity contribution is -0.122. The second kappa shape index (κ2) is 5.28. The van der Waals surface area contributed by atoms with Gasteiger partial charge in [0.1, 0.15) is 5.78 Å². The highest BCUT2D eigenvalue weighted by molar-refractivity contribution is 7.92. The zero-order valence-electron chi connectivity index (χ0n) is 11.4. The molecule has 0 amide bonds. The van der Waals surface area contributed by atoms with E-state index in [1.807, 2.05) is 12.1 Å². The molecule has 2 atom stereocenters. The first-order valence-corrected chi connectivity index (χ1v) is 8.82. The molecule has 0 saturated carbocycles. The van der Waals surface area contributed by atoms with Crippen LogP contribution in [-0.2, 0) is 21.1 Å². The lowest BCUT2D eigenvalue weighted by Crippen LogP contribution is -2.45. The van der Waals surface area contributed by atoms with Gasteiger partial charge in [-0.15, -0.1) is 0 Å². The van der Waals surface area contributed by atoms with E-state index in [9.17, 15) is 13.2 Å². The molecule has 2 aliphatic heterocycles. The van der Waals surface area contributed by atoms with Crippen molar-refractivity contribution in [1.29, 1.82) is 0 Å². The fourth-order valence-electron chi connectivity index (χ4n) is 3.52. The van der Waals surface area contributed by atoms with Gasteiger partial charge in [-0.25, -0.2) is 8.42 Å². The van der Waals surface area contributed by atoms with Gasteiger partial charge in [0.05, 0.1) is 10.5 Å². The first kappa shape index (κ1) is 13.7. The quantitative estimate of drug-likeness (QED) is 0.854. The van der Waals surface area contributed by atoms with Crippen molar-refractivity contribution in [3.63, 3.8) is 0 Å². The summed E-state index contributed by atoms with van der Waals surface area (Å²) < 4.78 is 24.4. The Hall–Kier alpha value is -1.23. The van der Waals surface area contributed by atoms with E-state index in [1.165, 1.54) is 0 Å². The summed E-state index contributed by atoms with van der Waals surface area (Å²) in [6, 6.07) is 3.69. The molecule has 0 aromatic carbocycles. The van der Waals surface area contributed by atoms with Gasteiger partial charge in [0.15, 0.2) is 9.84 Å². The fraction of sp³-hybridized carbons (Fsp3) is 0.600. The molecule has 0 N–H and O–H groups in total. The maximum atomic E-state index is 12.4. The molecule has 3 heterocycles. The summed E-state index contributed by atoms with van der Waals surface area (Å²) in [7, 11) is -2.97. The Kier molecular flexibility index (Phi) is 3.63. The molecule has 1 aromatic rings. The third kappa shape index (κ3) is 2.51. The normalized spacial score (nSPS) is 31.7. The molecule has 2 saturated heterocycles. The van der Waals surface area contributed by atoms with E-state index >= 15 is 0 Å². The molecule has 5 heteroatoms. The van der Waals surface area contributed by atoms with E-state index < -0.39 is 9.84 Å². The van der Waals surface area contributed by atoms with Crippen LogP contribution in [0.5, 0.6) is 0 Å². The number of sulfone groups is 1. The summed E-state index contributed by atoms with van der Waals surface area (Å²) in [6.45, 7) is 0. The molecule has 2 unspecified atom stereocenters. The van der Waals surface area contributed by atoms with E-state index in [4.69, 9.17) is 0 Å². The monoisotopic (exact) mass is 293 g/mol. The predicted octanol–water partition coefficient (Wildman–Crippen LogP) is 1.94. The average Bonchev–Trinajstić information content (AvgIpc) is 2.38. The number of carbonyl (C=O) groups excluding carboxylic acids is 1. The van der Waals surface area contributed by atoms with E-state index in [1.54, 1.807) is 12.4 Å². The van der Waals surface area contributed by atoms with Gasteiger partial charge in [-0.3, -0.25) is 9.78 Å². The molecule has 0 spiro atoms. The van der Waals surface area contributed by atoms with Gasteiger partial charge >= 0.3 is 0 Å². The van der Waals surface area contributed by atoms with Crippen LogP contribution in [0.3, 0.4) is 0 Å². The minimum Gasteiger partial charge on any atom is -0.299 e. The summed E-state index contributed by atoms with van der Waals surface area (Å²) in [4.78, 5) is 16.3. The van der Waals surface area contributed by atoms with Gasteiger partial charge in [-0.1, -0.05) is 6.42 Å². The summed E-state index contributed by atoms with van der Waals surface area (Å²) in [5.41, 5.74) is 0.962. The van der Waals surface area contributed by atoms with Gasteiger partial charge in [0.25, 0.3) is 0 Å². The Bertz CT molecular complexity index is 577. The zero-order chi connectivity index (χ0) is 14.2. The van der Waals surface area contributed by atoms with Crippen molar-refractivity contribution in [2.45, 2.75) is 49.0 Å². The molecule has 3 rings (SSSR count). The summed E-state index contributed by atoms with van der Waals surface area (Å²) in [5.74, 6) is 0.102. The van der Waals surface area contributed by atoms with Crippen LogP contribution in [0.4, 0.5) is 0 Å². The van der Waals surface area contributed by atoms with Crippen molar-refractivity contribution < 1.29 is 13.2 Å². The Morgan fingerprint density at radius 3 is 2.35 bits per heavy atom. The predicted molar refractivity (Wildman–Crippen MR) is 76.0 cm³/mol. The van der Waals surface area contributed by atoms with Crippen LogP contribution < -0.4 is 0 Å². The topological polar surface area (TPSA) is 64.1 Å². The number of carbonyl (C=O) groups is 1. The number of rotatable bonds is 3. The SMILES string of the molecule is O=C(Cc1ccncc1)C1CC2CCCC(C1)S2(=O)=O. The van der Waals surface area contributed by atoms with Crippen LogP contribution in [0.15, 0.2) is 24.5 Å². The van der Waals surface area contributed by atoms with Gasteiger partial charge in [0, 0.05) is 24.7 Å². The van der Waals surface area contributed by atoms with Gasteiger partial charge in [0.2, 0.25) is 0 Å². The molecule has 2 bridgehead atoms. The Morgan fingerprint density at radius 2 is 1.75 bits per heavy atom. The van der Waals surface area contributed by atoms with Crippen molar-refractivity contribution in [2.75, 3.05) is 0 Å². The lowest BCUT2D eigenvalue weighted by atomic mass is 9.85. The third-order valence-corrected chi connectivity index (χ3v) is 7.37. The van der Waals surface area contributed by atoms with Crippen molar-refractivity contribution >= 4 is 15.6 Å². The number of pyridine rings is 1. The molecule has 4 nitrogen and oxygen atoms in total. The summed E-state index contributed by atoms with van der Waals surface area (Å²) in [6.07, 6.45) is 7.28. The van der Waals surface area contributed by atoms with E-state index in [2.05, 4.69) is 4.98 Å². The van der Waals surface area contributed by atoms with E-state index in [-0.39, 0.29) is 22.2 Å². The third-order valence-electron chi connectivity index (χ3n) is 4.66. The molecule has 0 radical (unpaired) electrons. The Balaban J connectivity index is 1.72. The van der Waals surface area contributed by atoms with Gasteiger partial charge in [-0.05, 0) is 43.4 Å². The highest BCUT2D eigenvalue weighted by atomic mass is 32.2. The van der Waals surface area contributed by atoms with Crippen molar-refractivity contribution in [3.8, 4) is 0 Å². The minimum atomic E-state index is -2.97. The minimum absolute atomic E-state index is 0.0815. The highest BCUT2D eigenvalue weighted by Gasteiger charge is 2.45. The summed E-state index contributed by atoms with van der Waals surface area (Å²) in [5, 5.41) is -0.553. The highest BCUT2D eigenvalue weighted by Crippen LogP contribution is 2.39. The zero-order valence-corrected chi connectivity index (χ0v) is 12.2. The number of aromatic nitrogens is 1. The molecule has 0 aliphatic carbocycles. The van der Waals surface area contributed by atoms with Crippen molar-refractivity contribution in [3.05, 3.63) is 30.1 Å². The number of nitrogens with zero attached hydrogens (tertiary/aromatic N) is 1. The maximum absolute atomic E-state index is 12.4. The average molecular weight is 293 g/mol. The number of fused-ring (bicyclic) bond motifs is 2. The van der Waals surface area contributed by atoms with Gasteiger partial charge in [-0.2, -0.15) is 0 Å². The number of ketones is 1. The lowest BCUT2D eigenvalue weighted by Gasteiger charge is -2.38. The Labute approximate surface area is 119 Å². The second-order valence-corrected chi connectivity index (χ2v) is 8.44. The van der Waals surface area contributed by atoms with Crippen molar-refractivity contribution in [1.82, 2.24) is 4.98 Å². The molecule has 2 fully saturated rings. The largest absolute Gasteiger partial charge is 0.299 e. The molecular formula is C15H19NO3S. The Morgan fingerprint density at radius 1 is 1.15 bits per heavy atom. The van der Waals surface area contributed by atoms with E-state index in [0.717, 1.165) is 24.8 Å². The maximum Gasteiger partial charge on any atom is 0.156 e.